The van der Waals surface area contributed by atoms with Crippen LogP contribution in [-0.4, -0.2) is 28.7 Å². The van der Waals surface area contributed by atoms with E-state index in [4.69, 9.17) is 0 Å². The highest BCUT2D eigenvalue weighted by Crippen LogP contribution is 2.20. The number of carbonyl (C=O) groups excluding carboxylic acids is 1. The van der Waals surface area contributed by atoms with Crippen LogP contribution in [0.15, 0.2) is 12.1 Å². The number of aromatic nitrogens is 2. The third-order valence-electron chi connectivity index (χ3n) is 3.14. The largest absolute Gasteiger partial charge is 0.366 e. The number of nitrogens with one attached hydrogen (secondary N) is 2. The molecule has 0 unspecified atom stereocenters. The van der Waals surface area contributed by atoms with Crippen LogP contribution >= 0.6 is 0 Å². The topological polar surface area (TPSA) is 66.9 Å². The summed E-state index contributed by atoms with van der Waals surface area (Å²) < 4.78 is 0. The van der Waals surface area contributed by atoms with Crippen molar-refractivity contribution < 1.29 is 4.79 Å². The molecule has 0 saturated heterocycles. The monoisotopic (exact) mass is 248 g/mol. The summed E-state index contributed by atoms with van der Waals surface area (Å²) in [6.45, 7) is 2.68. The normalized spacial score (nSPS) is 15.6. The lowest BCUT2D eigenvalue weighted by Crippen LogP contribution is -2.25. The Hall–Kier alpha value is -1.65. The molecule has 18 heavy (non-hydrogen) atoms. The van der Waals surface area contributed by atoms with Crippen LogP contribution in [0.25, 0.3) is 0 Å². The van der Waals surface area contributed by atoms with E-state index in [1.54, 1.807) is 6.07 Å². The average Bonchev–Trinajstić information content (AvgIpc) is 2.89. The maximum absolute atomic E-state index is 11.6. The molecule has 2 rings (SSSR count). The van der Waals surface area contributed by atoms with Crippen molar-refractivity contribution in [1.82, 2.24) is 15.5 Å². The molecule has 0 radical (unpaired) electrons. The zero-order valence-electron chi connectivity index (χ0n) is 10.8. The Labute approximate surface area is 107 Å². The molecule has 1 aliphatic rings. The van der Waals surface area contributed by atoms with Crippen molar-refractivity contribution in [3.8, 4) is 0 Å². The molecule has 0 spiro atoms. The minimum absolute atomic E-state index is 0.156. The molecule has 1 amide bonds. The molecule has 1 heterocycles. The van der Waals surface area contributed by atoms with Gasteiger partial charge in [0.25, 0.3) is 5.91 Å². The maximum atomic E-state index is 11.6. The van der Waals surface area contributed by atoms with Gasteiger partial charge < -0.3 is 10.6 Å². The van der Waals surface area contributed by atoms with Crippen molar-refractivity contribution >= 4 is 11.7 Å². The molecule has 1 saturated carbocycles. The summed E-state index contributed by atoms with van der Waals surface area (Å²) >= 11 is 0. The fraction of sp³-hybridized carbons (Fsp3) is 0.615. The Morgan fingerprint density at radius 1 is 1.33 bits per heavy atom. The van der Waals surface area contributed by atoms with E-state index >= 15 is 0 Å². The van der Waals surface area contributed by atoms with E-state index in [-0.39, 0.29) is 5.91 Å². The molecule has 0 aliphatic heterocycles. The summed E-state index contributed by atoms with van der Waals surface area (Å²) in [5, 5.41) is 14.1. The van der Waals surface area contributed by atoms with Crippen LogP contribution < -0.4 is 10.6 Å². The van der Waals surface area contributed by atoms with Crippen molar-refractivity contribution in [3.63, 3.8) is 0 Å². The predicted octanol–water partition coefficient (Wildman–Crippen LogP) is 1.97. The molecule has 0 aromatic carbocycles. The minimum atomic E-state index is -0.156. The van der Waals surface area contributed by atoms with E-state index in [1.165, 1.54) is 25.7 Å². The van der Waals surface area contributed by atoms with E-state index in [1.807, 2.05) is 13.0 Å². The molecule has 5 heteroatoms. The highest BCUT2D eigenvalue weighted by molar-refractivity contribution is 5.92. The van der Waals surface area contributed by atoms with Gasteiger partial charge in [-0.3, -0.25) is 4.79 Å². The number of carbonyl (C=O) groups is 1. The van der Waals surface area contributed by atoms with Crippen molar-refractivity contribution in [3.05, 3.63) is 17.8 Å². The minimum Gasteiger partial charge on any atom is -0.366 e. The Morgan fingerprint density at radius 3 is 2.72 bits per heavy atom. The number of amides is 1. The molecule has 1 aliphatic carbocycles. The lowest BCUT2D eigenvalue weighted by molar-refractivity contribution is 0.0947. The SMILES string of the molecule is CCCNC(=O)c1ccc(NC2CCCC2)nn1. The van der Waals surface area contributed by atoms with Crippen LogP contribution in [0.4, 0.5) is 5.82 Å². The number of anilines is 1. The maximum Gasteiger partial charge on any atom is 0.271 e. The van der Waals surface area contributed by atoms with Crippen molar-refractivity contribution in [2.75, 3.05) is 11.9 Å². The number of hydrogen-bond donors (Lipinski definition) is 2. The smallest absolute Gasteiger partial charge is 0.271 e. The van der Waals surface area contributed by atoms with Crippen LogP contribution in [0.1, 0.15) is 49.5 Å². The fourth-order valence-electron chi connectivity index (χ4n) is 2.14. The lowest BCUT2D eigenvalue weighted by Gasteiger charge is -2.11. The van der Waals surface area contributed by atoms with E-state index in [9.17, 15) is 4.79 Å². The van der Waals surface area contributed by atoms with Crippen LogP contribution in [0.5, 0.6) is 0 Å². The quantitative estimate of drug-likeness (QED) is 0.836. The molecule has 1 aromatic rings. The predicted molar refractivity (Wildman–Crippen MR) is 70.5 cm³/mol. The van der Waals surface area contributed by atoms with Gasteiger partial charge in [0.15, 0.2) is 5.69 Å². The first-order valence-electron chi connectivity index (χ1n) is 6.68. The van der Waals surface area contributed by atoms with Gasteiger partial charge in [-0.25, -0.2) is 0 Å². The summed E-state index contributed by atoms with van der Waals surface area (Å²) in [6, 6.07) is 4.06. The lowest BCUT2D eigenvalue weighted by atomic mass is 10.2. The highest BCUT2D eigenvalue weighted by atomic mass is 16.1. The molecule has 2 N–H and O–H groups in total. The summed E-state index contributed by atoms with van der Waals surface area (Å²) in [7, 11) is 0. The molecule has 1 fully saturated rings. The van der Waals surface area contributed by atoms with Gasteiger partial charge in [0.2, 0.25) is 0 Å². The van der Waals surface area contributed by atoms with Gasteiger partial charge in [-0.05, 0) is 31.4 Å². The van der Waals surface area contributed by atoms with Gasteiger partial charge in [-0.15, -0.1) is 10.2 Å². The third kappa shape index (κ3) is 3.42. The standard InChI is InChI=1S/C13H20N4O/c1-2-9-14-13(18)11-7-8-12(17-16-11)15-10-5-3-4-6-10/h7-8,10H,2-6,9H2,1H3,(H,14,18)(H,15,17). The second kappa shape index (κ2) is 6.33. The first-order chi connectivity index (χ1) is 8.79. The molecule has 0 bridgehead atoms. The van der Waals surface area contributed by atoms with E-state index in [0.29, 0.717) is 18.3 Å². The Morgan fingerprint density at radius 2 is 2.11 bits per heavy atom. The third-order valence-corrected chi connectivity index (χ3v) is 3.14. The molecular weight excluding hydrogens is 228 g/mol. The first kappa shape index (κ1) is 12.8. The van der Waals surface area contributed by atoms with Crippen molar-refractivity contribution in [2.24, 2.45) is 0 Å². The summed E-state index contributed by atoms with van der Waals surface area (Å²) in [4.78, 5) is 11.6. The highest BCUT2D eigenvalue weighted by Gasteiger charge is 2.15. The summed E-state index contributed by atoms with van der Waals surface area (Å²) in [5.74, 6) is 0.603. The summed E-state index contributed by atoms with van der Waals surface area (Å²) in [6.07, 6.45) is 5.87. The summed E-state index contributed by atoms with van der Waals surface area (Å²) in [5.41, 5.74) is 0.375. The van der Waals surface area contributed by atoms with Gasteiger partial charge in [0.1, 0.15) is 5.82 Å². The van der Waals surface area contributed by atoms with E-state index in [0.717, 1.165) is 12.2 Å². The Balaban J connectivity index is 1.90. The molecule has 0 atom stereocenters. The second-order valence-electron chi connectivity index (χ2n) is 4.69. The first-order valence-corrected chi connectivity index (χ1v) is 6.68. The molecule has 98 valence electrons. The Kier molecular flexibility index (Phi) is 4.50. The fourth-order valence-corrected chi connectivity index (χ4v) is 2.14. The van der Waals surface area contributed by atoms with Crippen LogP contribution in [0, 0.1) is 0 Å². The Bertz CT molecular complexity index is 384. The second-order valence-corrected chi connectivity index (χ2v) is 4.69. The number of hydrogen-bond acceptors (Lipinski definition) is 4. The van der Waals surface area contributed by atoms with Gasteiger partial charge in [0, 0.05) is 12.6 Å². The average molecular weight is 248 g/mol. The van der Waals surface area contributed by atoms with Gasteiger partial charge in [-0.2, -0.15) is 0 Å². The van der Waals surface area contributed by atoms with Crippen molar-refractivity contribution in [1.29, 1.82) is 0 Å². The molecular formula is C13H20N4O. The van der Waals surface area contributed by atoms with Gasteiger partial charge in [-0.1, -0.05) is 19.8 Å². The number of rotatable bonds is 5. The van der Waals surface area contributed by atoms with Crippen LogP contribution in [0.3, 0.4) is 0 Å². The van der Waals surface area contributed by atoms with E-state index < -0.39 is 0 Å². The van der Waals surface area contributed by atoms with Crippen LogP contribution in [-0.2, 0) is 0 Å². The van der Waals surface area contributed by atoms with Gasteiger partial charge >= 0.3 is 0 Å². The molecule has 1 aromatic heterocycles. The van der Waals surface area contributed by atoms with E-state index in [2.05, 4.69) is 20.8 Å². The zero-order valence-corrected chi connectivity index (χ0v) is 10.8. The van der Waals surface area contributed by atoms with Crippen molar-refractivity contribution in [2.45, 2.75) is 45.1 Å². The zero-order chi connectivity index (χ0) is 12.8. The number of nitrogens with zero attached hydrogens (tertiary/aromatic N) is 2. The van der Waals surface area contributed by atoms with Gasteiger partial charge in [0.05, 0.1) is 0 Å². The molecule has 5 nitrogen and oxygen atoms in total. The van der Waals surface area contributed by atoms with Crippen LogP contribution in [0.2, 0.25) is 0 Å².